The van der Waals surface area contributed by atoms with Crippen LogP contribution in [-0.4, -0.2) is 14.1 Å². The fourth-order valence-electron chi connectivity index (χ4n) is 9.36. The van der Waals surface area contributed by atoms with E-state index in [0.29, 0.717) is 0 Å². The molecule has 0 radical (unpaired) electrons. The zero-order chi connectivity index (χ0) is 40.4. The lowest BCUT2D eigenvalue weighted by Gasteiger charge is -2.30. The van der Waals surface area contributed by atoms with Crippen LogP contribution >= 0.6 is 0 Å². The third-order valence-corrected chi connectivity index (χ3v) is 12.3. The summed E-state index contributed by atoms with van der Waals surface area (Å²) in [5.41, 5.74) is 9.34. The molecule has 0 saturated heterocycles. The second-order valence-electron chi connectivity index (χ2n) is 17.1. The highest BCUT2D eigenvalue weighted by Gasteiger charge is 2.27. The summed E-state index contributed by atoms with van der Waals surface area (Å²) in [7, 11) is 0. The molecular formula is C52H52N4O. The normalized spacial score (nSPS) is 17.5. The molecule has 3 aromatic heterocycles. The largest absolute Gasteiger partial charge is 0.458 e. The molecule has 0 unspecified atom stereocenters. The van der Waals surface area contributed by atoms with Gasteiger partial charge in [-0.05, 0) is 108 Å². The molecule has 2 saturated carbocycles. The first-order valence-corrected chi connectivity index (χ1v) is 21.0. The van der Waals surface area contributed by atoms with Crippen molar-refractivity contribution in [2.45, 2.75) is 102 Å². The average Bonchev–Trinajstić information content (AvgIpc) is 3.80. The maximum Gasteiger partial charge on any atom is 0.269 e. The first-order chi connectivity index (χ1) is 28.6. The Labute approximate surface area is 339 Å². The second kappa shape index (κ2) is 14.7. The van der Waals surface area contributed by atoms with Crippen LogP contribution < -0.4 is 9.30 Å². The molecule has 8 aromatic rings. The lowest BCUT2D eigenvalue weighted by molar-refractivity contribution is -0.573. The monoisotopic (exact) mass is 750 g/mol. The van der Waals surface area contributed by atoms with E-state index in [2.05, 4.69) is 150 Å². The van der Waals surface area contributed by atoms with Gasteiger partial charge in [0.1, 0.15) is 17.3 Å². The molecule has 2 aliphatic rings. The van der Waals surface area contributed by atoms with E-state index in [1.165, 1.54) is 23.8 Å². The summed E-state index contributed by atoms with van der Waals surface area (Å²) >= 11 is 0. The number of para-hydroxylation sites is 4. The highest BCUT2D eigenvalue weighted by atomic mass is 16.5. The van der Waals surface area contributed by atoms with Gasteiger partial charge in [-0.15, -0.1) is 0 Å². The zero-order valence-electron chi connectivity index (χ0n) is 35.4. The summed E-state index contributed by atoms with van der Waals surface area (Å²) in [6.07, 6.45) is 15.6. The van der Waals surface area contributed by atoms with Gasteiger partial charge in [-0.2, -0.15) is 0 Å². The quantitative estimate of drug-likeness (QED) is 0.120. The number of rotatable bonds is 7. The van der Waals surface area contributed by atoms with Crippen molar-refractivity contribution in [2.75, 3.05) is 0 Å². The van der Waals surface area contributed by atoms with Crippen LogP contribution in [0, 0.1) is 6.33 Å². The number of pyridine rings is 1. The molecule has 0 spiro atoms. The fourth-order valence-corrected chi connectivity index (χ4v) is 9.36. The topological polar surface area (TPSA) is 35.9 Å². The van der Waals surface area contributed by atoms with E-state index < -0.39 is 11.8 Å². The maximum atomic E-state index is 9.90. The summed E-state index contributed by atoms with van der Waals surface area (Å²) in [5, 5.41) is 2.32. The molecule has 5 aromatic carbocycles. The number of imidazole rings is 1. The molecule has 0 atom stereocenters. The van der Waals surface area contributed by atoms with Crippen molar-refractivity contribution in [3.8, 4) is 28.7 Å². The lowest BCUT2D eigenvalue weighted by atomic mass is 9.78. The van der Waals surface area contributed by atoms with E-state index in [-0.39, 0.29) is 5.41 Å². The minimum absolute atomic E-state index is 0.0124. The molecule has 286 valence electrons. The molecule has 2 fully saturated rings. The van der Waals surface area contributed by atoms with Crippen LogP contribution in [0.15, 0.2) is 128 Å². The number of ether oxygens (including phenoxy) is 1. The van der Waals surface area contributed by atoms with E-state index >= 15 is 0 Å². The van der Waals surface area contributed by atoms with Crippen molar-refractivity contribution < 1.29 is 12.0 Å². The Hall–Kier alpha value is -5.68. The molecule has 10 rings (SSSR count). The number of fused-ring (bicyclic) bond motifs is 4. The summed E-state index contributed by atoms with van der Waals surface area (Å²) in [4.78, 5) is 4.87. The van der Waals surface area contributed by atoms with Gasteiger partial charge in [-0.25, -0.2) is 4.98 Å². The molecular weight excluding hydrogens is 697 g/mol. The van der Waals surface area contributed by atoms with Gasteiger partial charge in [0.15, 0.2) is 0 Å². The summed E-state index contributed by atoms with van der Waals surface area (Å²) in [6.45, 7) is 6.70. The number of hydrogen-bond acceptors (Lipinski definition) is 2. The van der Waals surface area contributed by atoms with Crippen LogP contribution in [0.2, 0.25) is 0 Å². The number of benzene rings is 5. The molecule has 0 aliphatic heterocycles. The predicted molar refractivity (Wildman–Crippen MR) is 233 cm³/mol. The number of hydrogen-bond donors (Lipinski definition) is 0. The van der Waals surface area contributed by atoms with E-state index in [4.69, 9.17) is 9.72 Å². The van der Waals surface area contributed by atoms with Gasteiger partial charge in [0.05, 0.1) is 33.4 Å². The Morgan fingerprint density at radius 2 is 1.30 bits per heavy atom. The highest BCUT2D eigenvalue weighted by Crippen LogP contribution is 2.42. The molecule has 0 N–H and O–H groups in total. The van der Waals surface area contributed by atoms with Crippen molar-refractivity contribution in [1.29, 1.82) is 0 Å². The van der Waals surface area contributed by atoms with E-state index in [0.717, 1.165) is 119 Å². The Kier molecular flexibility index (Phi) is 8.62. The van der Waals surface area contributed by atoms with Gasteiger partial charge in [0.25, 0.3) is 6.33 Å². The van der Waals surface area contributed by atoms with Crippen molar-refractivity contribution in [3.05, 3.63) is 151 Å². The van der Waals surface area contributed by atoms with Gasteiger partial charge >= 0.3 is 0 Å². The van der Waals surface area contributed by atoms with Crippen LogP contribution in [-0.2, 0) is 5.41 Å². The van der Waals surface area contributed by atoms with Gasteiger partial charge in [0, 0.05) is 25.8 Å². The van der Waals surface area contributed by atoms with E-state index in [9.17, 15) is 2.74 Å². The van der Waals surface area contributed by atoms with Gasteiger partial charge in [-0.3, -0.25) is 13.7 Å². The zero-order valence-corrected chi connectivity index (χ0v) is 33.4. The number of aromatic nitrogens is 4. The van der Waals surface area contributed by atoms with E-state index in [1.54, 1.807) is 0 Å². The van der Waals surface area contributed by atoms with Gasteiger partial charge < -0.3 is 4.74 Å². The first kappa shape index (κ1) is 33.5. The Balaban J connectivity index is 1.08. The van der Waals surface area contributed by atoms with Crippen LogP contribution in [0.25, 0.3) is 50.0 Å². The maximum absolute atomic E-state index is 9.90. The van der Waals surface area contributed by atoms with Crippen LogP contribution in [0.5, 0.6) is 11.5 Å². The predicted octanol–water partition coefficient (Wildman–Crippen LogP) is 13.4. The van der Waals surface area contributed by atoms with Gasteiger partial charge in [-0.1, -0.05) is 126 Å². The highest BCUT2D eigenvalue weighted by molar-refractivity contribution is 6.09. The molecule has 3 heterocycles. The molecule has 5 nitrogen and oxygen atoms in total. The third kappa shape index (κ3) is 6.61. The molecule has 2 aliphatic carbocycles. The minimum atomic E-state index is -0.704. The summed E-state index contributed by atoms with van der Waals surface area (Å²) in [5.74, 6) is 0.934. The Morgan fingerprint density at radius 1 is 0.649 bits per heavy atom. The van der Waals surface area contributed by atoms with Gasteiger partial charge in [0.2, 0.25) is 0 Å². The van der Waals surface area contributed by atoms with Crippen LogP contribution in [0.1, 0.15) is 116 Å². The summed E-state index contributed by atoms with van der Waals surface area (Å²) in [6, 6.07) is 42.3. The van der Waals surface area contributed by atoms with Crippen LogP contribution in [0.4, 0.5) is 0 Å². The first-order valence-electron chi connectivity index (χ1n) is 22.0. The summed E-state index contributed by atoms with van der Waals surface area (Å²) < 4.78 is 33.1. The Morgan fingerprint density at radius 3 is 2.04 bits per heavy atom. The third-order valence-electron chi connectivity index (χ3n) is 12.3. The average molecular weight is 751 g/mol. The molecule has 0 amide bonds. The molecule has 57 heavy (non-hydrogen) atoms. The minimum Gasteiger partial charge on any atom is -0.458 e. The standard InChI is InChI=1S/C52H52N4O/c1-52(2,3)38-30-31-53-50(32-38)56-46-25-11-10-22-44(46)45-29-28-41(34-49(45)56)57-40-21-14-20-39(33-40)54-35-55(48-27-13-12-26-47(48)54)51-42(36-16-6-4-7-17-36)23-15-24-43(51)37-18-8-5-9-19-37/h10-15,20-34,36-37H,4-9,16-19H2,1-3H3/i36D,37D. The van der Waals surface area contributed by atoms with Crippen molar-refractivity contribution in [3.63, 3.8) is 0 Å². The van der Waals surface area contributed by atoms with Crippen LogP contribution in [0.3, 0.4) is 0 Å². The molecule has 0 bridgehead atoms. The molecule has 5 heteroatoms. The smallest absolute Gasteiger partial charge is 0.269 e. The fraction of sp³-hybridized carbons (Fsp3) is 0.308. The Bertz CT molecular complexity index is 2810. The SMILES string of the molecule is [2H]C1(c2cccc(C3([2H])CCCCC3)c2-[n+]2[c-]n(-c3cccc(Oc4ccc5c6ccccc6n(-c6cc(C(C)(C)C)ccn6)c5c4)c3)c3ccccc32)CCCCC1. The number of nitrogens with zero attached hydrogens (tertiary/aromatic N) is 4. The second-order valence-corrected chi connectivity index (χ2v) is 17.1. The van der Waals surface area contributed by atoms with Crippen molar-refractivity contribution in [2.24, 2.45) is 0 Å². The van der Waals surface area contributed by atoms with E-state index in [1.807, 2.05) is 18.3 Å². The van der Waals surface area contributed by atoms with Crippen molar-refractivity contribution in [1.82, 2.24) is 14.1 Å². The lowest BCUT2D eigenvalue weighted by Crippen LogP contribution is -2.34. The van der Waals surface area contributed by atoms with Crippen molar-refractivity contribution >= 4 is 32.8 Å².